The van der Waals surface area contributed by atoms with Crippen molar-refractivity contribution in [2.75, 3.05) is 7.11 Å². The highest BCUT2D eigenvalue weighted by atomic mass is 16.5. The van der Waals surface area contributed by atoms with Gasteiger partial charge in [-0.25, -0.2) is 4.79 Å². The van der Waals surface area contributed by atoms with Gasteiger partial charge in [0, 0.05) is 18.7 Å². The summed E-state index contributed by atoms with van der Waals surface area (Å²) in [5.41, 5.74) is 1.21. The summed E-state index contributed by atoms with van der Waals surface area (Å²) in [4.78, 5) is 41.0. The van der Waals surface area contributed by atoms with Crippen LogP contribution in [0.25, 0.3) is 0 Å². The molecule has 1 atom stereocenters. The van der Waals surface area contributed by atoms with Gasteiger partial charge in [-0.05, 0) is 32.3 Å². The summed E-state index contributed by atoms with van der Waals surface area (Å²) in [6, 6.07) is 9.47. The molecule has 176 valence electrons. The van der Waals surface area contributed by atoms with E-state index in [4.69, 9.17) is 4.74 Å². The number of amides is 2. The molecule has 1 aromatic heterocycles. The van der Waals surface area contributed by atoms with Gasteiger partial charge in [0.15, 0.2) is 5.69 Å². The molecular weight excluding hydrogens is 420 g/mol. The Kier molecular flexibility index (Phi) is 6.54. The molecule has 1 aliphatic heterocycles. The predicted octanol–water partition coefficient (Wildman–Crippen LogP) is 3.23. The number of rotatable bonds is 5. The van der Waals surface area contributed by atoms with Gasteiger partial charge in [0.1, 0.15) is 11.2 Å². The Bertz CT molecular complexity index is 1050. The van der Waals surface area contributed by atoms with Crippen molar-refractivity contribution in [3.63, 3.8) is 0 Å². The molecule has 1 aliphatic carbocycles. The Morgan fingerprint density at radius 2 is 1.91 bits per heavy atom. The summed E-state index contributed by atoms with van der Waals surface area (Å²) in [6.45, 7) is 4.23. The maximum absolute atomic E-state index is 13.7. The van der Waals surface area contributed by atoms with Crippen molar-refractivity contribution in [3.05, 3.63) is 52.8 Å². The number of hydrogen-bond donors (Lipinski definition) is 1. The van der Waals surface area contributed by atoms with Gasteiger partial charge >= 0.3 is 5.97 Å². The molecule has 1 aromatic carbocycles. The molecule has 2 aromatic rings. The van der Waals surface area contributed by atoms with E-state index in [1.807, 2.05) is 31.2 Å². The minimum Gasteiger partial charge on any atom is -0.464 e. The third-order valence-electron chi connectivity index (χ3n) is 6.79. The number of aromatic nitrogens is 2. The number of ether oxygens (including phenoxy) is 1. The Balaban J connectivity index is 1.69. The van der Waals surface area contributed by atoms with E-state index in [1.54, 1.807) is 11.8 Å². The van der Waals surface area contributed by atoms with Crippen LogP contribution in [0.1, 0.15) is 77.6 Å². The van der Waals surface area contributed by atoms with E-state index in [9.17, 15) is 14.4 Å². The largest absolute Gasteiger partial charge is 0.464 e. The number of fused-ring (bicyclic) bond motifs is 1. The summed E-state index contributed by atoms with van der Waals surface area (Å²) in [5, 5.41) is 7.50. The van der Waals surface area contributed by atoms with Crippen molar-refractivity contribution < 1.29 is 19.1 Å². The second-order valence-electron chi connectivity index (χ2n) is 9.38. The van der Waals surface area contributed by atoms with Gasteiger partial charge in [0.25, 0.3) is 5.91 Å². The van der Waals surface area contributed by atoms with Gasteiger partial charge in [-0.1, -0.05) is 55.5 Å². The third kappa shape index (κ3) is 4.65. The summed E-state index contributed by atoms with van der Waals surface area (Å²) in [7, 11) is 1.27. The van der Waals surface area contributed by atoms with E-state index in [0.29, 0.717) is 0 Å². The molecule has 1 N–H and O–H groups in total. The summed E-state index contributed by atoms with van der Waals surface area (Å²) < 4.78 is 6.24. The van der Waals surface area contributed by atoms with Crippen LogP contribution in [0.5, 0.6) is 0 Å². The van der Waals surface area contributed by atoms with Crippen molar-refractivity contribution in [2.24, 2.45) is 0 Å². The van der Waals surface area contributed by atoms with Crippen LogP contribution in [0, 0.1) is 6.92 Å². The number of benzene rings is 1. The van der Waals surface area contributed by atoms with Crippen molar-refractivity contribution in [2.45, 2.75) is 77.0 Å². The molecule has 1 fully saturated rings. The first-order valence-corrected chi connectivity index (χ1v) is 11.7. The number of hydrogen-bond acceptors (Lipinski definition) is 5. The van der Waals surface area contributed by atoms with Gasteiger partial charge in [0.05, 0.1) is 13.7 Å². The number of carbonyl (C=O) groups excluding carboxylic acids is 3. The average Bonchev–Trinajstić information content (AvgIpc) is 3.04. The van der Waals surface area contributed by atoms with Crippen LogP contribution < -0.4 is 5.32 Å². The van der Waals surface area contributed by atoms with Gasteiger partial charge in [-0.15, -0.1) is 0 Å². The minimum atomic E-state index is -1.15. The molecule has 0 saturated heterocycles. The first-order chi connectivity index (χ1) is 15.8. The average molecular weight is 453 g/mol. The number of aryl methyl sites for hydroxylation is 1. The van der Waals surface area contributed by atoms with Crippen LogP contribution in [0.4, 0.5) is 0 Å². The SMILES string of the molecule is COC(=O)c1cc2n(n1)CC(C)(C(=O)NC1CCCCCC1)N(Cc1cccc(C)c1)C2=O. The highest BCUT2D eigenvalue weighted by Crippen LogP contribution is 2.30. The Morgan fingerprint density at radius 3 is 2.58 bits per heavy atom. The van der Waals surface area contributed by atoms with E-state index < -0.39 is 11.5 Å². The number of nitrogens with zero attached hydrogens (tertiary/aromatic N) is 3. The molecule has 2 amide bonds. The molecule has 8 nitrogen and oxygen atoms in total. The van der Waals surface area contributed by atoms with Crippen LogP contribution in [0.2, 0.25) is 0 Å². The van der Waals surface area contributed by atoms with Crippen molar-refractivity contribution in [3.8, 4) is 0 Å². The highest BCUT2D eigenvalue weighted by molar-refractivity contribution is 6.01. The molecule has 33 heavy (non-hydrogen) atoms. The maximum atomic E-state index is 13.7. The molecule has 1 saturated carbocycles. The summed E-state index contributed by atoms with van der Waals surface area (Å²) in [6.07, 6.45) is 6.47. The fourth-order valence-corrected chi connectivity index (χ4v) is 4.85. The zero-order chi connectivity index (χ0) is 23.6. The van der Waals surface area contributed by atoms with E-state index in [0.717, 1.165) is 36.8 Å². The molecule has 1 unspecified atom stereocenters. The van der Waals surface area contributed by atoms with Gasteiger partial charge < -0.3 is 15.0 Å². The minimum absolute atomic E-state index is 0.0600. The third-order valence-corrected chi connectivity index (χ3v) is 6.79. The van der Waals surface area contributed by atoms with E-state index in [2.05, 4.69) is 10.4 Å². The molecule has 0 spiro atoms. The van der Waals surface area contributed by atoms with Crippen LogP contribution in [0.3, 0.4) is 0 Å². The lowest BCUT2D eigenvalue weighted by molar-refractivity contribution is -0.134. The number of nitrogens with one attached hydrogen (secondary N) is 1. The lowest BCUT2D eigenvalue weighted by atomic mass is 9.93. The molecule has 8 heteroatoms. The smallest absolute Gasteiger partial charge is 0.358 e. The van der Waals surface area contributed by atoms with E-state index in [-0.39, 0.29) is 42.3 Å². The van der Waals surface area contributed by atoms with E-state index in [1.165, 1.54) is 30.7 Å². The fourth-order valence-electron chi connectivity index (χ4n) is 4.85. The standard InChI is InChI=1S/C25H32N4O4/c1-17-9-8-10-18(13-17)15-28-22(30)21-14-20(23(31)33-3)27-29(21)16-25(28,2)24(32)26-19-11-6-4-5-7-12-19/h8-10,13-14,19H,4-7,11-12,15-16H2,1-3H3,(H,26,32). The maximum Gasteiger partial charge on any atom is 0.358 e. The Morgan fingerprint density at radius 1 is 1.18 bits per heavy atom. The molecule has 2 heterocycles. The van der Waals surface area contributed by atoms with Crippen molar-refractivity contribution >= 4 is 17.8 Å². The Labute approximate surface area is 194 Å². The second-order valence-corrected chi connectivity index (χ2v) is 9.38. The zero-order valence-electron chi connectivity index (χ0n) is 19.6. The number of esters is 1. The number of methoxy groups -OCH3 is 1. The normalized spacial score (nSPS) is 21.3. The van der Waals surface area contributed by atoms with Gasteiger partial charge in [0.2, 0.25) is 5.91 Å². The zero-order valence-corrected chi connectivity index (χ0v) is 19.6. The predicted molar refractivity (Wildman–Crippen MR) is 123 cm³/mol. The first-order valence-electron chi connectivity index (χ1n) is 11.7. The highest BCUT2D eigenvalue weighted by Gasteiger charge is 2.48. The van der Waals surface area contributed by atoms with Crippen LogP contribution in [-0.2, 0) is 22.6 Å². The summed E-state index contributed by atoms with van der Waals surface area (Å²) >= 11 is 0. The quantitative estimate of drug-likeness (QED) is 0.555. The lowest BCUT2D eigenvalue weighted by Gasteiger charge is -2.44. The molecule has 0 bridgehead atoms. The molecular formula is C25H32N4O4. The van der Waals surface area contributed by atoms with Crippen molar-refractivity contribution in [1.29, 1.82) is 0 Å². The fraction of sp³-hybridized carbons (Fsp3) is 0.520. The summed E-state index contributed by atoms with van der Waals surface area (Å²) in [5.74, 6) is -1.13. The van der Waals surface area contributed by atoms with Crippen LogP contribution in [0.15, 0.2) is 30.3 Å². The van der Waals surface area contributed by atoms with Crippen LogP contribution >= 0.6 is 0 Å². The monoisotopic (exact) mass is 452 g/mol. The van der Waals surface area contributed by atoms with E-state index >= 15 is 0 Å². The topological polar surface area (TPSA) is 93.5 Å². The number of carbonyl (C=O) groups is 3. The van der Waals surface area contributed by atoms with Gasteiger partial charge in [-0.2, -0.15) is 5.10 Å². The van der Waals surface area contributed by atoms with Crippen molar-refractivity contribution in [1.82, 2.24) is 20.0 Å². The Hall–Kier alpha value is -3.16. The molecule has 2 aliphatic rings. The first kappa shape index (κ1) is 23.0. The van der Waals surface area contributed by atoms with Gasteiger partial charge in [-0.3, -0.25) is 14.3 Å². The molecule has 4 rings (SSSR count). The second kappa shape index (κ2) is 9.37. The molecule has 0 radical (unpaired) electrons. The van der Waals surface area contributed by atoms with Crippen LogP contribution in [-0.4, -0.2) is 51.2 Å². The lowest BCUT2D eigenvalue weighted by Crippen LogP contribution is -2.64.